The van der Waals surface area contributed by atoms with Gasteiger partial charge in [-0.2, -0.15) is 4.31 Å². The lowest BCUT2D eigenvalue weighted by atomic mass is 10.1. The number of hydrogen-bond donors (Lipinski definition) is 0. The molecule has 3 rings (SSSR count). The van der Waals surface area contributed by atoms with Crippen LogP contribution in [0.15, 0.2) is 35.5 Å². The van der Waals surface area contributed by atoms with E-state index in [2.05, 4.69) is 9.97 Å². The number of aryl methyl sites for hydroxylation is 1. The summed E-state index contributed by atoms with van der Waals surface area (Å²) in [6.07, 6.45) is 5.01. The van der Waals surface area contributed by atoms with Crippen LogP contribution in [0.5, 0.6) is 5.75 Å². The Morgan fingerprint density at radius 1 is 1.32 bits per heavy atom. The summed E-state index contributed by atoms with van der Waals surface area (Å²) in [7, 11) is -1.94. The van der Waals surface area contributed by atoms with Crippen LogP contribution in [-0.2, 0) is 10.0 Å². The van der Waals surface area contributed by atoms with Crippen molar-refractivity contribution in [1.29, 1.82) is 0 Å². The molecule has 0 aliphatic carbocycles. The van der Waals surface area contributed by atoms with Gasteiger partial charge >= 0.3 is 0 Å². The van der Waals surface area contributed by atoms with Crippen LogP contribution in [0.25, 0.3) is 0 Å². The third-order valence-corrected chi connectivity index (χ3v) is 6.69. The molecular formula is C19H25FN4O3S. The zero-order valence-corrected chi connectivity index (χ0v) is 17.1. The molecule has 0 N–H and O–H groups in total. The van der Waals surface area contributed by atoms with Crippen LogP contribution >= 0.6 is 0 Å². The van der Waals surface area contributed by atoms with E-state index < -0.39 is 15.8 Å². The fourth-order valence-corrected chi connectivity index (χ4v) is 4.78. The van der Waals surface area contributed by atoms with Crippen molar-refractivity contribution >= 4 is 16.0 Å². The molecule has 0 amide bonds. The van der Waals surface area contributed by atoms with Gasteiger partial charge < -0.3 is 9.64 Å². The van der Waals surface area contributed by atoms with Crippen molar-refractivity contribution in [2.45, 2.75) is 37.6 Å². The van der Waals surface area contributed by atoms with Gasteiger partial charge in [0, 0.05) is 38.6 Å². The second-order valence-corrected chi connectivity index (χ2v) is 8.79. The molecule has 2 aromatic rings. The molecule has 0 bridgehead atoms. The first-order valence-corrected chi connectivity index (χ1v) is 10.7. The van der Waals surface area contributed by atoms with E-state index in [4.69, 9.17) is 4.74 Å². The van der Waals surface area contributed by atoms with Crippen molar-refractivity contribution in [2.24, 2.45) is 0 Å². The number of piperidine rings is 1. The molecule has 7 nitrogen and oxygen atoms in total. The monoisotopic (exact) mass is 408 g/mol. The number of ether oxygens (including phenoxy) is 1. The van der Waals surface area contributed by atoms with Gasteiger partial charge in [-0.15, -0.1) is 0 Å². The van der Waals surface area contributed by atoms with Gasteiger partial charge in [-0.1, -0.05) is 0 Å². The fourth-order valence-electron chi connectivity index (χ4n) is 3.25. The number of halogens is 1. The topological polar surface area (TPSA) is 75.6 Å². The van der Waals surface area contributed by atoms with Gasteiger partial charge in [-0.05, 0) is 50.5 Å². The minimum Gasteiger partial charge on any atom is -0.491 e. The summed E-state index contributed by atoms with van der Waals surface area (Å²) >= 11 is 0. The molecule has 1 aliphatic rings. The Kier molecular flexibility index (Phi) is 6.14. The van der Waals surface area contributed by atoms with Crippen LogP contribution in [0, 0.1) is 12.7 Å². The van der Waals surface area contributed by atoms with Crippen molar-refractivity contribution in [2.75, 3.05) is 31.6 Å². The first-order chi connectivity index (χ1) is 13.3. The van der Waals surface area contributed by atoms with Gasteiger partial charge in [0.2, 0.25) is 16.0 Å². The zero-order valence-electron chi connectivity index (χ0n) is 16.3. The Bertz CT molecular complexity index is 921. The second-order valence-electron chi connectivity index (χ2n) is 6.86. The van der Waals surface area contributed by atoms with Crippen molar-refractivity contribution < 1.29 is 17.5 Å². The Labute approximate surface area is 165 Å². The molecule has 2 heterocycles. The summed E-state index contributed by atoms with van der Waals surface area (Å²) < 4.78 is 46.8. The smallest absolute Gasteiger partial charge is 0.243 e. The second kappa shape index (κ2) is 8.40. The minimum atomic E-state index is -3.80. The fraction of sp³-hybridized carbons (Fsp3) is 0.474. The van der Waals surface area contributed by atoms with E-state index >= 15 is 0 Å². The largest absolute Gasteiger partial charge is 0.491 e. The van der Waals surface area contributed by atoms with E-state index in [0.717, 1.165) is 18.1 Å². The molecule has 1 saturated heterocycles. The number of aromatic nitrogens is 2. The number of likely N-dealkylation sites (N-methyl/N-ethyl adjacent to an activating group) is 1. The van der Waals surface area contributed by atoms with Crippen molar-refractivity contribution in [3.63, 3.8) is 0 Å². The van der Waals surface area contributed by atoms with Crippen molar-refractivity contribution in [1.82, 2.24) is 14.3 Å². The molecule has 0 radical (unpaired) electrons. The summed E-state index contributed by atoms with van der Waals surface area (Å²) in [4.78, 5) is 10.5. The number of sulfonamides is 1. The van der Waals surface area contributed by atoms with E-state index in [1.807, 2.05) is 18.9 Å². The lowest BCUT2D eigenvalue weighted by Crippen LogP contribution is -2.49. The Hall–Kier alpha value is -2.26. The Balaban J connectivity index is 1.79. The molecule has 0 saturated carbocycles. The zero-order chi connectivity index (χ0) is 20.3. The predicted octanol–water partition coefficient (Wildman–Crippen LogP) is 2.61. The molecule has 152 valence electrons. The SMILES string of the molecule is CCOc1ccc(S(=O)(=O)N2CCCC(N(C)c3ncc(C)cn3)C2)cc1F. The van der Waals surface area contributed by atoms with E-state index in [1.54, 1.807) is 19.3 Å². The van der Waals surface area contributed by atoms with Gasteiger partial charge in [0.15, 0.2) is 11.6 Å². The van der Waals surface area contributed by atoms with E-state index in [-0.39, 0.29) is 16.7 Å². The first kappa shape index (κ1) is 20.5. The third kappa shape index (κ3) is 4.25. The van der Waals surface area contributed by atoms with Gasteiger partial charge in [-0.3, -0.25) is 0 Å². The molecule has 1 fully saturated rings. The lowest BCUT2D eigenvalue weighted by molar-refractivity contribution is 0.308. The average Bonchev–Trinajstić information content (AvgIpc) is 2.69. The third-order valence-electron chi connectivity index (χ3n) is 4.83. The average molecular weight is 408 g/mol. The summed E-state index contributed by atoms with van der Waals surface area (Å²) in [5.74, 6) is -0.0714. The maximum absolute atomic E-state index is 14.2. The highest BCUT2D eigenvalue weighted by molar-refractivity contribution is 7.89. The molecule has 9 heteroatoms. The van der Waals surface area contributed by atoms with Crippen LogP contribution in [0.2, 0.25) is 0 Å². The summed E-state index contributed by atoms with van der Waals surface area (Å²) in [6.45, 7) is 4.66. The van der Waals surface area contributed by atoms with E-state index in [1.165, 1.54) is 16.4 Å². The highest BCUT2D eigenvalue weighted by Crippen LogP contribution is 2.27. The predicted molar refractivity (Wildman–Crippen MR) is 105 cm³/mol. The molecule has 1 aliphatic heterocycles. The molecular weight excluding hydrogens is 383 g/mol. The van der Waals surface area contributed by atoms with Crippen molar-refractivity contribution in [3.05, 3.63) is 42.0 Å². The van der Waals surface area contributed by atoms with Crippen LogP contribution in [0.4, 0.5) is 10.3 Å². The van der Waals surface area contributed by atoms with Gasteiger partial charge in [0.25, 0.3) is 0 Å². The molecule has 1 aromatic carbocycles. The molecule has 1 unspecified atom stereocenters. The number of anilines is 1. The van der Waals surface area contributed by atoms with Gasteiger partial charge in [0.1, 0.15) is 0 Å². The number of benzene rings is 1. The maximum Gasteiger partial charge on any atom is 0.243 e. The lowest BCUT2D eigenvalue weighted by Gasteiger charge is -2.36. The van der Waals surface area contributed by atoms with Gasteiger partial charge in [-0.25, -0.2) is 22.8 Å². The quantitative estimate of drug-likeness (QED) is 0.731. The highest BCUT2D eigenvalue weighted by atomic mass is 32.2. The Morgan fingerprint density at radius 3 is 2.68 bits per heavy atom. The van der Waals surface area contributed by atoms with Crippen molar-refractivity contribution in [3.8, 4) is 5.75 Å². The normalized spacial score (nSPS) is 18.1. The minimum absolute atomic E-state index is 0.0502. The first-order valence-electron chi connectivity index (χ1n) is 9.27. The number of hydrogen-bond acceptors (Lipinski definition) is 6. The van der Waals surface area contributed by atoms with Crippen LogP contribution in [-0.4, -0.2) is 55.5 Å². The standard InChI is InChI=1S/C19H25FN4O3S/c1-4-27-18-8-7-16(10-17(18)20)28(25,26)24-9-5-6-15(13-24)23(3)19-21-11-14(2)12-22-19/h7-8,10-12,15H,4-6,9,13H2,1-3H3. The molecule has 0 spiro atoms. The number of nitrogens with zero attached hydrogens (tertiary/aromatic N) is 4. The van der Waals surface area contributed by atoms with Crippen LogP contribution in [0.1, 0.15) is 25.3 Å². The van der Waals surface area contributed by atoms with Gasteiger partial charge in [0.05, 0.1) is 11.5 Å². The molecule has 28 heavy (non-hydrogen) atoms. The molecule has 1 aromatic heterocycles. The summed E-state index contributed by atoms with van der Waals surface area (Å²) in [5, 5.41) is 0. The van der Waals surface area contributed by atoms with Crippen LogP contribution in [0.3, 0.4) is 0 Å². The van der Waals surface area contributed by atoms with Crippen LogP contribution < -0.4 is 9.64 Å². The van der Waals surface area contributed by atoms with E-state index in [9.17, 15) is 12.8 Å². The van der Waals surface area contributed by atoms with E-state index in [0.29, 0.717) is 32.1 Å². The Morgan fingerprint density at radius 2 is 2.04 bits per heavy atom. The summed E-state index contributed by atoms with van der Waals surface area (Å²) in [5.41, 5.74) is 0.961. The highest BCUT2D eigenvalue weighted by Gasteiger charge is 2.33. The number of rotatable bonds is 6. The maximum atomic E-state index is 14.2. The molecule has 1 atom stereocenters. The summed E-state index contributed by atoms with van der Waals surface area (Å²) in [6, 6.07) is 3.72.